The van der Waals surface area contributed by atoms with Crippen LogP contribution in [0.25, 0.3) is 0 Å². The maximum atomic E-state index is 11.6. The first-order chi connectivity index (χ1) is 16.6. The molecule has 1 amide bonds. The van der Waals surface area contributed by atoms with Gasteiger partial charge in [-0.2, -0.15) is 0 Å². The lowest BCUT2D eigenvalue weighted by atomic mass is 9.84. The summed E-state index contributed by atoms with van der Waals surface area (Å²) in [6, 6.07) is 32.2. The second kappa shape index (κ2) is 13.6. The van der Waals surface area contributed by atoms with Crippen molar-refractivity contribution in [1.82, 2.24) is 5.32 Å². The number of benzene rings is 3. The van der Waals surface area contributed by atoms with Crippen LogP contribution in [-0.2, 0) is 14.3 Å². The topological polar surface area (TPSA) is 66.4 Å². The number of aliphatic carboxylic acids is 1. The number of amides is 1. The van der Waals surface area contributed by atoms with Crippen molar-refractivity contribution in [1.29, 1.82) is 0 Å². The molecular formula is C29H33NO3S. The number of nitrogens with one attached hydrogen (secondary N) is 1. The van der Waals surface area contributed by atoms with Gasteiger partial charge in [0, 0.05) is 13.0 Å². The van der Waals surface area contributed by atoms with Gasteiger partial charge in [0.05, 0.1) is 11.2 Å². The van der Waals surface area contributed by atoms with Crippen LogP contribution in [0, 0.1) is 0 Å². The van der Waals surface area contributed by atoms with Gasteiger partial charge in [0.1, 0.15) is 0 Å². The fourth-order valence-corrected chi connectivity index (χ4v) is 5.67. The summed E-state index contributed by atoms with van der Waals surface area (Å²) in [6.07, 6.45) is 4.05. The van der Waals surface area contributed by atoms with Gasteiger partial charge in [-0.3, -0.25) is 9.59 Å². The van der Waals surface area contributed by atoms with Crippen LogP contribution < -0.4 is 5.32 Å². The molecular weight excluding hydrogens is 442 g/mol. The standard InChI is InChI=1S/C29H33NO3S/c31-27(20-21-28(32)33)30-22-12-1-2-13-23-34-29(24-14-6-3-7-15-24,25-16-8-4-9-17-25)26-18-10-5-11-19-26/h3-11,14-19H,1-2,12-13,20-23H2,(H,30,31)(H,32,33). The van der Waals surface area contributed by atoms with Gasteiger partial charge in [0.2, 0.25) is 5.91 Å². The van der Waals surface area contributed by atoms with E-state index in [2.05, 4.69) is 96.3 Å². The van der Waals surface area contributed by atoms with Crippen LogP contribution in [0.15, 0.2) is 91.0 Å². The third-order valence-electron chi connectivity index (χ3n) is 5.82. The molecule has 178 valence electrons. The quantitative estimate of drug-likeness (QED) is 0.214. The van der Waals surface area contributed by atoms with Crippen molar-refractivity contribution in [2.75, 3.05) is 12.3 Å². The largest absolute Gasteiger partial charge is 0.481 e. The Kier molecular flexibility index (Phi) is 10.2. The summed E-state index contributed by atoms with van der Waals surface area (Å²) in [5, 5.41) is 11.5. The molecule has 34 heavy (non-hydrogen) atoms. The Labute approximate surface area is 206 Å². The molecule has 2 N–H and O–H groups in total. The van der Waals surface area contributed by atoms with Crippen LogP contribution in [0.4, 0.5) is 0 Å². The van der Waals surface area contributed by atoms with E-state index in [0.29, 0.717) is 6.54 Å². The molecule has 0 unspecified atom stereocenters. The van der Waals surface area contributed by atoms with Crippen LogP contribution in [0.1, 0.15) is 55.2 Å². The Balaban J connectivity index is 1.61. The number of carbonyl (C=O) groups excluding carboxylic acids is 1. The van der Waals surface area contributed by atoms with Gasteiger partial charge in [-0.25, -0.2) is 0 Å². The summed E-state index contributed by atoms with van der Waals surface area (Å²) in [5.41, 5.74) is 3.84. The normalized spacial score (nSPS) is 11.2. The molecule has 0 spiro atoms. The lowest BCUT2D eigenvalue weighted by Gasteiger charge is -2.35. The molecule has 0 aliphatic rings. The minimum Gasteiger partial charge on any atom is -0.481 e. The molecule has 0 saturated heterocycles. The van der Waals surface area contributed by atoms with Crippen LogP contribution >= 0.6 is 11.8 Å². The minimum absolute atomic E-state index is 0.0481. The lowest BCUT2D eigenvalue weighted by molar-refractivity contribution is -0.138. The third-order valence-corrected chi connectivity index (χ3v) is 7.45. The van der Waals surface area contributed by atoms with Crippen LogP contribution in [0.5, 0.6) is 0 Å². The Bertz CT molecular complexity index is 913. The molecule has 5 heteroatoms. The van der Waals surface area contributed by atoms with Crippen molar-refractivity contribution in [3.8, 4) is 0 Å². The first-order valence-corrected chi connectivity index (χ1v) is 12.9. The summed E-state index contributed by atoms with van der Waals surface area (Å²) in [7, 11) is 0. The molecule has 0 aliphatic heterocycles. The average molecular weight is 476 g/mol. The molecule has 0 saturated carbocycles. The first kappa shape index (κ1) is 25.6. The first-order valence-electron chi connectivity index (χ1n) is 11.9. The summed E-state index contributed by atoms with van der Waals surface area (Å²) in [6.45, 7) is 0.605. The number of thioether (sulfide) groups is 1. The van der Waals surface area contributed by atoms with Crippen molar-refractivity contribution in [2.45, 2.75) is 43.3 Å². The van der Waals surface area contributed by atoms with Gasteiger partial charge in [-0.15, -0.1) is 11.8 Å². The molecule has 0 bridgehead atoms. The van der Waals surface area contributed by atoms with E-state index in [-0.39, 0.29) is 23.5 Å². The predicted molar refractivity (Wildman–Crippen MR) is 140 cm³/mol. The molecule has 3 rings (SSSR count). The fourth-order valence-electron chi connectivity index (χ4n) is 4.11. The number of carboxylic acids is 1. The number of hydrogen-bond acceptors (Lipinski definition) is 3. The van der Waals surface area contributed by atoms with E-state index in [9.17, 15) is 9.59 Å². The van der Waals surface area contributed by atoms with E-state index in [1.165, 1.54) is 16.7 Å². The Morgan fingerprint density at radius 3 is 1.62 bits per heavy atom. The van der Waals surface area contributed by atoms with E-state index in [4.69, 9.17) is 5.11 Å². The van der Waals surface area contributed by atoms with Crippen LogP contribution in [0.3, 0.4) is 0 Å². The SMILES string of the molecule is O=C(O)CCC(=O)NCCCCCCSC(c1ccccc1)(c1ccccc1)c1ccccc1. The smallest absolute Gasteiger partial charge is 0.303 e. The van der Waals surface area contributed by atoms with E-state index in [0.717, 1.165) is 31.4 Å². The Morgan fingerprint density at radius 2 is 1.15 bits per heavy atom. The van der Waals surface area contributed by atoms with E-state index in [1.807, 2.05) is 11.8 Å². The number of carbonyl (C=O) groups is 2. The summed E-state index contributed by atoms with van der Waals surface area (Å²) >= 11 is 1.98. The molecule has 0 heterocycles. The van der Waals surface area contributed by atoms with E-state index >= 15 is 0 Å². The van der Waals surface area contributed by atoms with Crippen LogP contribution in [0.2, 0.25) is 0 Å². The molecule has 3 aromatic rings. The Morgan fingerprint density at radius 1 is 0.676 bits per heavy atom. The maximum Gasteiger partial charge on any atom is 0.303 e. The molecule has 4 nitrogen and oxygen atoms in total. The van der Waals surface area contributed by atoms with Crippen molar-refractivity contribution in [3.63, 3.8) is 0 Å². The van der Waals surface area contributed by atoms with Gasteiger partial charge < -0.3 is 10.4 Å². The highest BCUT2D eigenvalue weighted by Gasteiger charge is 2.36. The monoisotopic (exact) mass is 475 g/mol. The van der Waals surface area contributed by atoms with Crippen LogP contribution in [-0.4, -0.2) is 29.3 Å². The van der Waals surface area contributed by atoms with Gasteiger partial charge >= 0.3 is 5.97 Å². The molecule has 0 aromatic heterocycles. The number of carboxylic acid groups (broad SMARTS) is 1. The fraction of sp³-hybridized carbons (Fsp3) is 0.310. The molecule has 3 aromatic carbocycles. The highest BCUT2D eigenvalue weighted by molar-refractivity contribution is 8.00. The molecule has 0 radical (unpaired) electrons. The molecule has 0 aliphatic carbocycles. The predicted octanol–water partition coefficient (Wildman–Crippen LogP) is 6.25. The molecule has 0 fully saturated rings. The maximum absolute atomic E-state index is 11.6. The number of hydrogen-bond donors (Lipinski definition) is 2. The second-order valence-corrected chi connectivity index (χ2v) is 9.59. The van der Waals surface area contributed by atoms with Crippen molar-refractivity contribution < 1.29 is 14.7 Å². The van der Waals surface area contributed by atoms with Gasteiger partial charge in [-0.1, -0.05) is 104 Å². The highest BCUT2D eigenvalue weighted by atomic mass is 32.2. The average Bonchev–Trinajstić information content (AvgIpc) is 2.88. The number of unbranched alkanes of at least 4 members (excludes halogenated alkanes) is 3. The second-order valence-electron chi connectivity index (χ2n) is 8.29. The van der Waals surface area contributed by atoms with Gasteiger partial charge in [0.15, 0.2) is 0 Å². The third kappa shape index (κ3) is 7.22. The Hall–Kier alpha value is -3.05. The summed E-state index contributed by atoms with van der Waals surface area (Å²) in [4.78, 5) is 22.2. The zero-order chi connectivity index (χ0) is 24.1. The van der Waals surface area contributed by atoms with E-state index in [1.54, 1.807) is 0 Å². The number of rotatable bonds is 14. The summed E-state index contributed by atoms with van der Waals surface area (Å²) in [5.74, 6) is -0.106. The van der Waals surface area contributed by atoms with Crippen molar-refractivity contribution in [2.24, 2.45) is 0 Å². The van der Waals surface area contributed by atoms with Gasteiger partial charge in [0.25, 0.3) is 0 Å². The molecule has 0 atom stereocenters. The van der Waals surface area contributed by atoms with E-state index < -0.39 is 5.97 Å². The minimum atomic E-state index is -0.940. The highest BCUT2D eigenvalue weighted by Crippen LogP contribution is 2.48. The van der Waals surface area contributed by atoms with Crippen molar-refractivity contribution in [3.05, 3.63) is 108 Å². The lowest BCUT2D eigenvalue weighted by Crippen LogP contribution is -2.26. The van der Waals surface area contributed by atoms with Gasteiger partial charge in [-0.05, 0) is 35.3 Å². The van der Waals surface area contributed by atoms with Crippen molar-refractivity contribution >= 4 is 23.6 Å². The summed E-state index contributed by atoms with van der Waals surface area (Å²) < 4.78 is -0.276. The zero-order valence-corrected chi connectivity index (χ0v) is 20.3. The zero-order valence-electron chi connectivity index (χ0n) is 19.5.